The molecule has 16 heavy (non-hydrogen) atoms. The zero-order valence-corrected chi connectivity index (χ0v) is 10.8. The SMILES string of the molecule is Cc1cc(NC(=O)O)n2nc(C)c(I)c2n1. The van der Waals surface area contributed by atoms with Crippen LogP contribution in [0.5, 0.6) is 0 Å². The Morgan fingerprint density at radius 3 is 2.88 bits per heavy atom. The first-order valence-corrected chi connectivity index (χ1v) is 5.59. The smallest absolute Gasteiger partial charge is 0.410 e. The fourth-order valence-electron chi connectivity index (χ4n) is 1.42. The standard InChI is InChI=1S/C9H9IN4O2/c1-4-3-6(12-9(15)16)14-8(11-4)7(10)5(2)13-14/h3,12H,1-2H3,(H,15,16). The molecule has 0 radical (unpaired) electrons. The maximum atomic E-state index is 10.6. The molecule has 2 rings (SSSR count). The van der Waals surface area contributed by atoms with E-state index in [0.29, 0.717) is 11.5 Å². The minimum atomic E-state index is -1.12. The molecule has 7 heteroatoms. The average molecular weight is 332 g/mol. The summed E-state index contributed by atoms with van der Waals surface area (Å²) in [6.45, 7) is 3.67. The summed E-state index contributed by atoms with van der Waals surface area (Å²) >= 11 is 2.14. The van der Waals surface area contributed by atoms with E-state index in [2.05, 4.69) is 38.0 Å². The van der Waals surface area contributed by atoms with Crippen molar-refractivity contribution in [3.05, 3.63) is 21.0 Å². The van der Waals surface area contributed by atoms with Crippen LogP contribution in [0.25, 0.3) is 5.65 Å². The van der Waals surface area contributed by atoms with Crippen LogP contribution in [0.2, 0.25) is 0 Å². The van der Waals surface area contributed by atoms with Gasteiger partial charge in [-0.15, -0.1) is 0 Å². The van der Waals surface area contributed by atoms with Crippen molar-refractivity contribution in [3.8, 4) is 0 Å². The van der Waals surface area contributed by atoms with E-state index in [9.17, 15) is 4.79 Å². The molecule has 0 aliphatic rings. The molecule has 84 valence electrons. The van der Waals surface area contributed by atoms with E-state index in [1.165, 1.54) is 4.52 Å². The molecule has 0 atom stereocenters. The van der Waals surface area contributed by atoms with Crippen LogP contribution >= 0.6 is 22.6 Å². The van der Waals surface area contributed by atoms with Gasteiger partial charge in [-0.25, -0.2) is 9.78 Å². The van der Waals surface area contributed by atoms with Crippen LogP contribution in [0, 0.1) is 17.4 Å². The Hall–Kier alpha value is -1.38. The van der Waals surface area contributed by atoms with Crippen molar-refractivity contribution in [1.82, 2.24) is 14.6 Å². The number of hydrogen-bond donors (Lipinski definition) is 2. The van der Waals surface area contributed by atoms with Gasteiger partial charge >= 0.3 is 6.09 Å². The molecular formula is C9H9IN4O2. The van der Waals surface area contributed by atoms with Gasteiger partial charge in [-0.3, -0.25) is 5.32 Å². The molecule has 0 spiro atoms. The monoisotopic (exact) mass is 332 g/mol. The van der Waals surface area contributed by atoms with Crippen LogP contribution < -0.4 is 5.32 Å². The predicted octanol–water partition coefficient (Wildman–Crippen LogP) is 2.04. The van der Waals surface area contributed by atoms with E-state index < -0.39 is 6.09 Å². The highest BCUT2D eigenvalue weighted by Gasteiger charge is 2.12. The molecule has 0 bridgehead atoms. The third kappa shape index (κ3) is 1.82. The number of anilines is 1. The minimum absolute atomic E-state index is 0.404. The number of aryl methyl sites for hydroxylation is 2. The second-order valence-corrected chi connectivity index (χ2v) is 4.43. The third-order valence-corrected chi connectivity index (χ3v) is 3.32. The van der Waals surface area contributed by atoms with Crippen molar-refractivity contribution in [1.29, 1.82) is 0 Å². The number of aromatic nitrogens is 3. The van der Waals surface area contributed by atoms with Gasteiger partial charge in [-0.2, -0.15) is 9.61 Å². The molecule has 0 saturated heterocycles. The number of carbonyl (C=O) groups is 1. The van der Waals surface area contributed by atoms with Crippen molar-refractivity contribution in [2.24, 2.45) is 0 Å². The number of amides is 1. The number of carboxylic acid groups (broad SMARTS) is 1. The molecule has 0 aliphatic heterocycles. The number of halogens is 1. The fraction of sp³-hybridized carbons (Fsp3) is 0.222. The molecule has 0 aromatic carbocycles. The summed E-state index contributed by atoms with van der Waals surface area (Å²) in [4.78, 5) is 15.0. The van der Waals surface area contributed by atoms with Gasteiger partial charge in [0.05, 0.1) is 9.26 Å². The molecule has 6 nitrogen and oxygen atoms in total. The molecule has 0 aliphatic carbocycles. The second kappa shape index (κ2) is 3.89. The molecule has 0 fully saturated rings. The topological polar surface area (TPSA) is 79.5 Å². The summed E-state index contributed by atoms with van der Waals surface area (Å²) in [5.41, 5.74) is 2.24. The highest BCUT2D eigenvalue weighted by atomic mass is 127. The van der Waals surface area contributed by atoms with Gasteiger partial charge in [0.15, 0.2) is 5.65 Å². The van der Waals surface area contributed by atoms with Gasteiger partial charge in [0.1, 0.15) is 5.82 Å². The Kier molecular flexibility index (Phi) is 2.70. The van der Waals surface area contributed by atoms with Crippen LogP contribution in [-0.2, 0) is 0 Å². The Morgan fingerprint density at radius 2 is 2.25 bits per heavy atom. The third-order valence-electron chi connectivity index (χ3n) is 2.06. The zero-order chi connectivity index (χ0) is 11.9. The van der Waals surface area contributed by atoms with Crippen molar-refractivity contribution in [2.75, 3.05) is 5.32 Å². The first kappa shape index (κ1) is 11.1. The summed E-state index contributed by atoms with van der Waals surface area (Å²) in [5, 5.41) is 15.2. The summed E-state index contributed by atoms with van der Waals surface area (Å²) in [7, 11) is 0. The Bertz CT molecular complexity index is 578. The predicted molar refractivity (Wildman–Crippen MR) is 66.8 cm³/mol. The highest BCUT2D eigenvalue weighted by molar-refractivity contribution is 14.1. The lowest BCUT2D eigenvalue weighted by molar-refractivity contribution is 0.209. The van der Waals surface area contributed by atoms with E-state index in [4.69, 9.17) is 5.11 Å². The number of rotatable bonds is 1. The zero-order valence-electron chi connectivity index (χ0n) is 8.65. The van der Waals surface area contributed by atoms with Crippen molar-refractivity contribution >= 4 is 40.1 Å². The normalized spacial score (nSPS) is 10.7. The summed E-state index contributed by atoms with van der Waals surface area (Å²) < 4.78 is 2.42. The summed E-state index contributed by atoms with van der Waals surface area (Å²) in [5.74, 6) is 0.404. The van der Waals surface area contributed by atoms with E-state index in [1.807, 2.05) is 13.8 Å². The highest BCUT2D eigenvalue weighted by Crippen LogP contribution is 2.20. The van der Waals surface area contributed by atoms with Gasteiger partial charge in [-0.05, 0) is 36.4 Å². The largest absolute Gasteiger partial charge is 0.465 e. The Morgan fingerprint density at radius 1 is 1.56 bits per heavy atom. The number of fused-ring (bicyclic) bond motifs is 1. The summed E-state index contributed by atoms with van der Waals surface area (Å²) in [6.07, 6.45) is -1.12. The lowest BCUT2D eigenvalue weighted by atomic mass is 10.4. The van der Waals surface area contributed by atoms with E-state index in [1.54, 1.807) is 6.07 Å². The number of hydrogen-bond acceptors (Lipinski definition) is 3. The van der Waals surface area contributed by atoms with Crippen LogP contribution in [0.4, 0.5) is 10.6 Å². The molecular weight excluding hydrogens is 323 g/mol. The molecule has 2 heterocycles. The van der Waals surface area contributed by atoms with Crippen LogP contribution in [0.15, 0.2) is 6.07 Å². The molecule has 2 aromatic heterocycles. The lowest BCUT2D eigenvalue weighted by Gasteiger charge is -2.04. The van der Waals surface area contributed by atoms with Gasteiger partial charge in [0, 0.05) is 11.8 Å². The van der Waals surface area contributed by atoms with Crippen molar-refractivity contribution < 1.29 is 9.90 Å². The maximum absolute atomic E-state index is 10.6. The second-order valence-electron chi connectivity index (χ2n) is 3.35. The van der Waals surface area contributed by atoms with Crippen molar-refractivity contribution in [3.63, 3.8) is 0 Å². The number of nitrogens with zero attached hydrogens (tertiary/aromatic N) is 3. The fourth-order valence-corrected chi connectivity index (χ4v) is 1.87. The first-order chi connectivity index (χ1) is 7.49. The van der Waals surface area contributed by atoms with Gasteiger partial charge in [-0.1, -0.05) is 0 Å². The van der Waals surface area contributed by atoms with Crippen LogP contribution in [0.3, 0.4) is 0 Å². The molecule has 0 saturated carbocycles. The molecule has 2 N–H and O–H groups in total. The first-order valence-electron chi connectivity index (χ1n) is 4.51. The van der Waals surface area contributed by atoms with Crippen LogP contribution in [-0.4, -0.2) is 25.8 Å². The van der Waals surface area contributed by atoms with Gasteiger partial charge in [0.25, 0.3) is 0 Å². The maximum Gasteiger partial charge on any atom is 0.410 e. The quantitative estimate of drug-likeness (QED) is 0.784. The van der Waals surface area contributed by atoms with Gasteiger partial charge in [0.2, 0.25) is 0 Å². The van der Waals surface area contributed by atoms with E-state index >= 15 is 0 Å². The van der Waals surface area contributed by atoms with Crippen LogP contribution in [0.1, 0.15) is 11.4 Å². The minimum Gasteiger partial charge on any atom is -0.465 e. The molecule has 1 amide bonds. The lowest BCUT2D eigenvalue weighted by Crippen LogP contribution is -2.12. The molecule has 0 unspecified atom stereocenters. The van der Waals surface area contributed by atoms with E-state index in [0.717, 1.165) is 15.0 Å². The Labute approximate surface area is 105 Å². The van der Waals surface area contributed by atoms with Crippen molar-refractivity contribution in [2.45, 2.75) is 13.8 Å². The molecule has 2 aromatic rings. The van der Waals surface area contributed by atoms with Gasteiger partial charge < -0.3 is 5.11 Å². The summed E-state index contributed by atoms with van der Waals surface area (Å²) in [6, 6.07) is 1.64. The average Bonchev–Trinajstić information content (AvgIpc) is 2.44. The Balaban J connectivity index is 2.72. The van der Waals surface area contributed by atoms with E-state index in [-0.39, 0.29) is 0 Å². The number of nitrogens with one attached hydrogen (secondary N) is 1.